The van der Waals surface area contributed by atoms with Crippen molar-refractivity contribution in [2.75, 3.05) is 7.11 Å². The summed E-state index contributed by atoms with van der Waals surface area (Å²) in [5.41, 5.74) is 0.535. The van der Waals surface area contributed by atoms with Gasteiger partial charge in [-0.15, -0.1) is 0 Å². The third-order valence-corrected chi connectivity index (χ3v) is 4.18. The smallest absolute Gasteiger partial charge is 0.387 e. The zero-order valence-electron chi connectivity index (χ0n) is 13.5. The minimum Gasteiger partial charge on any atom is -0.493 e. The van der Waals surface area contributed by atoms with Crippen molar-refractivity contribution in [3.05, 3.63) is 51.9 Å². The van der Waals surface area contributed by atoms with E-state index in [-0.39, 0.29) is 29.8 Å². The first-order chi connectivity index (χ1) is 12.6. The Morgan fingerprint density at radius 1 is 1.12 bits per heavy atom. The predicted octanol–water partition coefficient (Wildman–Crippen LogP) is 4.53. The van der Waals surface area contributed by atoms with Gasteiger partial charge in [-0.1, -0.05) is 17.3 Å². The number of ether oxygens (including phenoxy) is 3. The molecule has 0 saturated heterocycles. The van der Waals surface area contributed by atoms with Gasteiger partial charge in [0.25, 0.3) is 5.89 Å². The second kappa shape index (κ2) is 8.30. The molecule has 0 radical (unpaired) electrons. The Kier molecular flexibility index (Phi) is 5.86. The third kappa shape index (κ3) is 4.40. The largest absolute Gasteiger partial charge is 0.493 e. The van der Waals surface area contributed by atoms with Crippen molar-refractivity contribution >= 4 is 22.6 Å². The van der Waals surface area contributed by atoms with Crippen molar-refractivity contribution < 1.29 is 27.5 Å². The van der Waals surface area contributed by atoms with Crippen molar-refractivity contribution in [1.29, 1.82) is 0 Å². The monoisotopic (exact) mass is 474 g/mol. The molecule has 9 heteroatoms. The molecular weight excluding hydrogens is 461 g/mol. The number of para-hydroxylation sites is 1. The fraction of sp³-hybridized carbons (Fsp3) is 0.176. The zero-order valence-corrected chi connectivity index (χ0v) is 15.6. The fourth-order valence-electron chi connectivity index (χ4n) is 2.13. The minimum absolute atomic E-state index is 0.0723. The van der Waals surface area contributed by atoms with Gasteiger partial charge in [0.2, 0.25) is 5.82 Å². The second-order valence-corrected chi connectivity index (χ2v) is 6.14. The number of aromatic nitrogens is 2. The number of halogens is 3. The Balaban J connectivity index is 1.74. The van der Waals surface area contributed by atoms with E-state index in [2.05, 4.69) is 37.5 Å². The number of benzene rings is 2. The van der Waals surface area contributed by atoms with Gasteiger partial charge in [0.15, 0.2) is 18.1 Å². The summed E-state index contributed by atoms with van der Waals surface area (Å²) in [6.07, 6.45) is 0. The van der Waals surface area contributed by atoms with Crippen molar-refractivity contribution in [3.8, 4) is 28.6 Å². The maximum Gasteiger partial charge on any atom is 0.387 e. The maximum atomic E-state index is 12.4. The van der Waals surface area contributed by atoms with Crippen LogP contribution in [0.3, 0.4) is 0 Å². The Labute approximate surface area is 161 Å². The van der Waals surface area contributed by atoms with E-state index in [1.165, 1.54) is 25.3 Å². The van der Waals surface area contributed by atoms with Crippen molar-refractivity contribution in [2.45, 2.75) is 13.2 Å². The molecule has 2 aromatic carbocycles. The molecule has 0 atom stereocenters. The summed E-state index contributed by atoms with van der Waals surface area (Å²) < 4.78 is 46.0. The lowest BCUT2D eigenvalue weighted by Gasteiger charge is -2.10. The molecule has 0 spiro atoms. The lowest BCUT2D eigenvalue weighted by Crippen LogP contribution is -2.03. The number of methoxy groups -OCH3 is 1. The molecule has 0 saturated carbocycles. The first-order valence-electron chi connectivity index (χ1n) is 7.40. The van der Waals surface area contributed by atoms with Gasteiger partial charge in [-0.3, -0.25) is 0 Å². The zero-order chi connectivity index (χ0) is 18.5. The van der Waals surface area contributed by atoms with Gasteiger partial charge in [0, 0.05) is 5.56 Å². The summed E-state index contributed by atoms with van der Waals surface area (Å²) in [5, 5.41) is 3.87. The summed E-state index contributed by atoms with van der Waals surface area (Å²) in [6.45, 7) is -2.83. The highest BCUT2D eigenvalue weighted by Crippen LogP contribution is 2.32. The molecule has 0 fully saturated rings. The molecule has 0 aliphatic heterocycles. The van der Waals surface area contributed by atoms with Crippen LogP contribution < -0.4 is 14.2 Å². The molecule has 26 heavy (non-hydrogen) atoms. The number of hydrogen-bond acceptors (Lipinski definition) is 6. The van der Waals surface area contributed by atoms with E-state index in [1.807, 2.05) is 24.3 Å². The van der Waals surface area contributed by atoms with Gasteiger partial charge in [-0.2, -0.15) is 13.8 Å². The fourth-order valence-corrected chi connectivity index (χ4v) is 2.68. The highest BCUT2D eigenvalue weighted by Gasteiger charge is 2.15. The summed E-state index contributed by atoms with van der Waals surface area (Å²) in [7, 11) is 1.36. The molecule has 1 aromatic heterocycles. The van der Waals surface area contributed by atoms with Gasteiger partial charge >= 0.3 is 6.61 Å². The molecule has 136 valence electrons. The average molecular weight is 474 g/mol. The van der Waals surface area contributed by atoms with E-state index < -0.39 is 6.61 Å². The number of alkyl halides is 2. The first-order valence-corrected chi connectivity index (χ1v) is 8.48. The van der Waals surface area contributed by atoms with E-state index in [1.54, 1.807) is 0 Å². The molecule has 6 nitrogen and oxygen atoms in total. The molecule has 0 amide bonds. The lowest BCUT2D eigenvalue weighted by molar-refractivity contribution is -0.0512. The van der Waals surface area contributed by atoms with Gasteiger partial charge in [-0.05, 0) is 52.9 Å². The summed E-state index contributed by atoms with van der Waals surface area (Å²) in [4.78, 5) is 4.24. The van der Waals surface area contributed by atoms with Crippen LogP contribution in [0.15, 0.2) is 47.0 Å². The molecule has 0 aliphatic rings. The average Bonchev–Trinajstić information content (AvgIpc) is 3.10. The molecule has 1 heterocycles. The third-order valence-electron chi connectivity index (χ3n) is 3.29. The Morgan fingerprint density at radius 2 is 1.92 bits per heavy atom. The lowest BCUT2D eigenvalue weighted by atomic mass is 10.2. The molecule has 3 aromatic rings. The maximum absolute atomic E-state index is 12.4. The quantitative estimate of drug-likeness (QED) is 0.469. The summed E-state index contributed by atoms with van der Waals surface area (Å²) >= 11 is 2.17. The van der Waals surface area contributed by atoms with Gasteiger partial charge in [0.1, 0.15) is 5.75 Å². The van der Waals surface area contributed by atoms with Crippen LogP contribution in [0.5, 0.6) is 17.2 Å². The van der Waals surface area contributed by atoms with Crippen molar-refractivity contribution in [1.82, 2.24) is 10.1 Å². The highest BCUT2D eigenvalue weighted by atomic mass is 127. The minimum atomic E-state index is -2.94. The van der Waals surface area contributed by atoms with Crippen LogP contribution >= 0.6 is 22.6 Å². The van der Waals surface area contributed by atoms with Crippen LogP contribution in [0.1, 0.15) is 5.89 Å². The van der Waals surface area contributed by atoms with E-state index >= 15 is 0 Å². The highest BCUT2D eigenvalue weighted by molar-refractivity contribution is 14.1. The topological polar surface area (TPSA) is 66.6 Å². The Hall–Kier alpha value is -2.43. The first kappa shape index (κ1) is 18.4. The SMILES string of the molecule is COc1cc(-c2noc(COc3ccccc3I)n2)ccc1OC(F)F. The van der Waals surface area contributed by atoms with Crippen LogP contribution in [-0.4, -0.2) is 23.9 Å². The standard InChI is InChI=1S/C17H13F2IN2O4/c1-23-14-8-10(6-7-13(14)25-17(18)19)16-21-15(26-22-16)9-24-12-5-3-2-4-11(12)20/h2-8,17H,9H2,1H3. The van der Waals surface area contributed by atoms with E-state index in [9.17, 15) is 8.78 Å². The van der Waals surface area contributed by atoms with Gasteiger partial charge in [-0.25, -0.2) is 0 Å². The number of hydrogen-bond donors (Lipinski definition) is 0. The van der Waals surface area contributed by atoms with Crippen LogP contribution in [0.2, 0.25) is 0 Å². The van der Waals surface area contributed by atoms with Crippen LogP contribution in [0, 0.1) is 3.57 Å². The molecule has 0 aliphatic carbocycles. The van der Waals surface area contributed by atoms with Crippen LogP contribution in [-0.2, 0) is 6.61 Å². The second-order valence-electron chi connectivity index (χ2n) is 4.97. The van der Waals surface area contributed by atoms with Crippen molar-refractivity contribution in [2.24, 2.45) is 0 Å². The molecule has 0 unspecified atom stereocenters. The van der Waals surface area contributed by atoms with E-state index in [0.717, 1.165) is 3.57 Å². The molecule has 0 bridgehead atoms. The van der Waals surface area contributed by atoms with Crippen molar-refractivity contribution in [3.63, 3.8) is 0 Å². The Bertz CT molecular complexity index is 889. The molecule has 0 N–H and O–H groups in total. The van der Waals surface area contributed by atoms with Crippen LogP contribution in [0.4, 0.5) is 8.78 Å². The normalized spacial score (nSPS) is 10.8. The van der Waals surface area contributed by atoms with Crippen LogP contribution in [0.25, 0.3) is 11.4 Å². The molecule has 3 rings (SSSR count). The predicted molar refractivity (Wildman–Crippen MR) is 96.4 cm³/mol. The molecular formula is C17H13F2IN2O4. The summed E-state index contributed by atoms with van der Waals surface area (Å²) in [6, 6.07) is 11.9. The Morgan fingerprint density at radius 3 is 2.65 bits per heavy atom. The summed E-state index contributed by atoms with van der Waals surface area (Å²) in [5.74, 6) is 1.35. The van der Waals surface area contributed by atoms with E-state index in [0.29, 0.717) is 11.3 Å². The number of rotatable bonds is 7. The van der Waals surface area contributed by atoms with E-state index in [4.69, 9.17) is 14.0 Å². The van der Waals surface area contributed by atoms with Gasteiger partial charge in [0.05, 0.1) is 10.7 Å². The van der Waals surface area contributed by atoms with Gasteiger partial charge < -0.3 is 18.7 Å². The number of nitrogens with zero attached hydrogens (tertiary/aromatic N) is 2.